The van der Waals surface area contributed by atoms with E-state index in [0.717, 1.165) is 26.0 Å². The molecule has 0 saturated carbocycles. The number of rotatable bonds is 3. The van der Waals surface area contributed by atoms with E-state index in [-0.39, 0.29) is 5.04 Å². The van der Waals surface area contributed by atoms with Crippen LogP contribution in [0.1, 0.15) is 46.5 Å². The molecule has 0 radical (unpaired) electrons. The molecule has 0 spiro atoms. The predicted octanol–water partition coefficient (Wildman–Crippen LogP) is 3.41. The van der Waals surface area contributed by atoms with Gasteiger partial charge in [-0.25, -0.2) is 0 Å². The molecule has 110 valence electrons. The third-order valence-electron chi connectivity index (χ3n) is 5.30. The van der Waals surface area contributed by atoms with Gasteiger partial charge in [-0.15, -0.1) is 0 Å². The average Bonchev–Trinajstić information content (AvgIpc) is 2.67. The van der Waals surface area contributed by atoms with Gasteiger partial charge in [-0.05, 0) is 43.3 Å². The molecule has 2 fully saturated rings. The highest BCUT2D eigenvalue weighted by molar-refractivity contribution is 6.74. The van der Waals surface area contributed by atoms with Crippen LogP contribution in [0.5, 0.6) is 0 Å². The Bertz CT molecular complexity index is 349. The minimum absolute atomic E-state index is 0.271. The van der Waals surface area contributed by atoms with E-state index in [9.17, 15) is 4.79 Å². The van der Waals surface area contributed by atoms with Crippen LogP contribution in [0.15, 0.2) is 0 Å². The minimum atomic E-state index is -1.64. The predicted molar refractivity (Wildman–Crippen MR) is 80.6 cm³/mol. The fourth-order valence-electron chi connectivity index (χ4n) is 2.82. The maximum Gasteiger partial charge on any atom is 0.222 e. The van der Waals surface area contributed by atoms with E-state index in [1.54, 1.807) is 0 Å². The van der Waals surface area contributed by atoms with Gasteiger partial charge in [0.1, 0.15) is 0 Å². The van der Waals surface area contributed by atoms with Gasteiger partial charge in [0.2, 0.25) is 5.91 Å². The van der Waals surface area contributed by atoms with Crippen molar-refractivity contribution in [3.63, 3.8) is 0 Å². The summed E-state index contributed by atoms with van der Waals surface area (Å²) in [5.74, 6) is 0.912. The number of carbonyl (C=O) groups excluding carboxylic acids is 1. The number of fused-ring (bicyclic) bond motifs is 1. The molecule has 0 aromatic rings. The Morgan fingerprint density at radius 1 is 1.26 bits per heavy atom. The van der Waals surface area contributed by atoms with E-state index in [1.165, 1.54) is 12.8 Å². The molecule has 2 rings (SSSR count). The van der Waals surface area contributed by atoms with Crippen LogP contribution >= 0.6 is 0 Å². The molecule has 0 N–H and O–H groups in total. The van der Waals surface area contributed by atoms with Crippen molar-refractivity contribution in [2.24, 2.45) is 5.92 Å². The molecule has 2 aliphatic rings. The monoisotopic (exact) mass is 283 g/mol. The number of nitrogens with zero attached hydrogens (tertiary/aromatic N) is 1. The lowest BCUT2D eigenvalue weighted by Gasteiger charge is -2.40. The molecule has 0 aliphatic carbocycles. The molecule has 0 unspecified atom stereocenters. The first-order valence-corrected chi connectivity index (χ1v) is 10.5. The van der Waals surface area contributed by atoms with Crippen molar-refractivity contribution >= 4 is 14.2 Å². The highest BCUT2D eigenvalue weighted by atomic mass is 28.4. The maximum absolute atomic E-state index is 11.8. The molecule has 2 heterocycles. The van der Waals surface area contributed by atoms with E-state index >= 15 is 0 Å². The van der Waals surface area contributed by atoms with E-state index in [4.69, 9.17) is 4.43 Å². The summed E-state index contributed by atoms with van der Waals surface area (Å²) >= 11 is 0. The first-order valence-electron chi connectivity index (χ1n) is 7.64. The molecule has 2 saturated heterocycles. The van der Waals surface area contributed by atoms with E-state index in [0.29, 0.717) is 17.9 Å². The largest absolute Gasteiger partial charge is 0.416 e. The molecule has 1 amide bonds. The van der Waals surface area contributed by atoms with Gasteiger partial charge in [-0.3, -0.25) is 4.79 Å². The van der Waals surface area contributed by atoms with Crippen LogP contribution in [0, 0.1) is 5.92 Å². The number of amides is 1. The smallest absolute Gasteiger partial charge is 0.222 e. The highest BCUT2D eigenvalue weighted by Crippen LogP contribution is 2.38. The SMILES string of the molecule is CC(C)(C)[Si](C)(C)OC[C@@H]1CC[C@H]2CCC(=O)N2C1. The number of hydrogen-bond donors (Lipinski definition) is 0. The van der Waals surface area contributed by atoms with Crippen LogP contribution in [0.4, 0.5) is 0 Å². The summed E-state index contributed by atoms with van der Waals surface area (Å²) in [6.45, 7) is 13.2. The van der Waals surface area contributed by atoms with Crippen molar-refractivity contribution in [1.29, 1.82) is 0 Å². The molecule has 0 aromatic heterocycles. The molecule has 4 heteroatoms. The normalized spacial score (nSPS) is 28.7. The zero-order valence-corrected chi connectivity index (χ0v) is 14.2. The van der Waals surface area contributed by atoms with Crippen molar-refractivity contribution in [3.8, 4) is 0 Å². The Morgan fingerprint density at radius 2 is 1.95 bits per heavy atom. The van der Waals surface area contributed by atoms with Crippen molar-refractivity contribution in [2.45, 2.75) is 70.6 Å². The quantitative estimate of drug-likeness (QED) is 0.743. The zero-order chi connectivity index (χ0) is 14.3. The lowest BCUT2D eigenvalue weighted by molar-refractivity contribution is -0.130. The fraction of sp³-hybridized carbons (Fsp3) is 0.933. The third-order valence-corrected chi connectivity index (χ3v) is 9.80. The molecule has 19 heavy (non-hydrogen) atoms. The minimum Gasteiger partial charge on any atom is -0.416 e. The van der Waals surface area contributed by atoms with Crippen molar-refractivity contribution in [3.05, 3.63) is 0 Å². The van der Waals surface area contributed by atoms with Gasteiger partial charge in [0.05, 0.1) is 0 Å². The van der Waals surface area contributed by atoms with E-state index in [2.05, 4.69) is 38.8 Å². The van der Waals surface area contributed by atoms with Crippen LogP contribution in [0.2, 0.25) is 18.1 Å². The summed E-state index contributed by atoms with van der Waals surface area (Å²) in [6, 6.07) is 0.539. The van der Waals surface area contributed by atoms with Gasteiger partial charge in [0, 0.05) is 25.6 Å². The van der Waals surface area contributed by atoms with Gasteiger partial charge in [-0.1, -0.05) is 20.8 Å². The van der Waals surface area contributed by atoms with Crippen LogP contribution in [-0.4, -0.2) is 38.3 Å². The number of hydrogen-bond acceptors (Lipinski definition) is 2. The Kier molecular flexibility index (Phi) is 4.12. The standard InChI is InChI=1S/C15H29NO2Si/c1-15(2,3)19(4,5)18-11-12-6-7-13-8-9-14(17)16(13)10-12/h12-13H,6-11H2,1-5H3/t12-,13+/m1/s1. The van der Waals surface area contributed by atoms with Gasteiger partial charge in [-0.2, -0.15) is 0 Å². The lowest BCUT2D eigenvalue weighted by Crippen LogP contribution is -2.46. The Hall–Kier alpha value is -0.353. The summed E-state index contributed by atoms with van der Waals surface area (Å²) in [7, 11) is -1.64. The summed E-state index contributed by atoms with van der Waals surface area (Å²) < 4.78 is 6.32. The summed E-state index contributed by atoms with van der Waals surface area (Å²) in [6.07, 6.45) is 4.25. The third kappa shape index (κ3) is 3.22. The zero-order valence-electron chi connectivity index (χ0n) is 13.2. The summed E-state index contributed by atoms with van der Waals surface area (Å²) in [4.78, 5) is 13.9. The molecule has 0 bridgehead atoms. The second-order valence-electron chi connectivity index (χ2n) is 7.75. The molecule has 2 atom stereocenters. The Balaban J connectivity index is 1.86. The first-order chi connectivity index (χ1) is 8.71. The second kappa shape index (κ2) is 5.21. The van der Waals surface area contributed by atoms with Crippen LogP contribution in [0.25, 0.3) is 0 Å². The van der Waals surface area contributed by atoms with E-state index < -0.39 is 8.32 Å². The van der Waals surface area contributed by atoms with Gasteiger partial charge in [0.15, 0.2) is 8.32 Å². The molecular formula is C15H29NO2Si. The molecule has 3 nitrogen and oxygen atoms in total. The Labute approximate surface area is 118 Å². The van der Waals surface area contributed by atoms with Crippen molar-refractivity contribution in [1.82, 2.24) is 4.90 Å². The molecule has 2 aliphatic heterocycles. The lowest BCUT2D eigenvalue weighted by atomic mass is 9.94. The molecule has 0 aromatic carbocycles. The maximum atomic E-state index is 11.8. The number of piperidine rings is 1. The van der Waals surface area contributed by atoms with Crippen molar-refractivity contribution < 1.29 is 9.22 Å². The van der Waals surface area contributed by atoms with Crippen molar-refractivity contribution in [2.75, 3.05) is 13.2 Å². The Morgan fingerprint density at radius 3 is 2.58 bits per heavy atom. The second-order valence-corrected chi connectivity index (χ2v) is 12.6. The van der Waals surface area contributed by atoms with Gasteiger partial charge in [0.25, 0.3) is 0 Å². The average molecular weight is 283 g/mol. The van der Waals surface area contributed by atoms with Crippen LogP contribution < -0.4 is 0 Å². The van der Waals surface area contributed by atoms with Crippen LogP contribution in [-0.2, 0) is 9.22 Å². The van der Waals surface area contributed by atoms with Gasteiger partial charge < -0.3 is 9.33 Å². The fourth-order valence-corrected chi connectivity index (χ4v) is 3.91. The summed E-state index contributed by atoms with van der Waals surface area (Å²) in [5.41, 5.74) is 0. The summed E-state index contributed by atoms with van der Waals surface area (Å²) in [5, 5.41) is 0.271. The topological polar surface area (TPSA) is 29.5 Å². The number of carbonyl (C=O) groups is 1. The highest BCUT2D eigenvalue weighted by Gasteiger charge is 2.40. The first kappa shape index (κ1) is 15.0. The molecular weight excluding hydrogens is 254 g/mol. The van der Waals surface area contributed by atoms with Gasteiger partial charge >= 0.3 is 0 Å². The van der Waals surface area contributed by atoms with E-state index in [1.807, 2.05) is 0 Å². The van der Waals surface area contributed by atoms with Crippen LogP contribution in [0.3, 0.4) is 0 Å².